The molecule has 2 heteroatoms. The van der Waals surface area contributed by atoms with Crippen LogP contribution in [0.1, 0.15) is 25.3 Å². The van der Waals surface area contributed by atoms with Crippen LogP contribution in [0.3, 0.4) is 0 Å². The molecular formula is C15H15BrO. The summed E-state index contributed by atoms with van der Waals surface area (Å²) in [5.41, 5.74) is 1.21. The average Bonchev–Trinajstić information content (AvgIpc) is 2.77. The minimum Gasteiger partial charge on any atom is -0.496 e. The van der Waals surface area contributed by atoms with Gasteiger partial charge in [-0.3, -0.25) is 0 Å². The molecule has 0 amide bonds. The first-order valence-corrected chi connectivity index (χ1v) is 6.44. The van der Waals surface area contributed by atoms with Gasteiger partial charge in [-0.05, 0) is 12.5 Å². The largest absolute Gasteiger partial charge is 0.496 e. The van der Waals surface area contributed by atoms with Crippen LogP contribution < -0.4 is 0 Å². The van der Waals surface area contributed by atoms with Gasteiger partial charge >= 0.3 is 0 Å². The van der Waals surface area contributed by atoms with Crippen LogP contribution in [-0.2, 0) is 10.2 Å². The van der Waals surface area contributed by atoms with E-state index in [9.17, 15) is 0 Å². The van der Waals surface area contributed by atoms with Gasteiger partial charge in [0.25, 0.3) is 0 Å². The highest BCUT2D eigenvalue weighted by molar-refractivity contribution is 9.11. The second-order valence-corrected chi connectivity index (χ2v) is 5.64. The summed E-state index contributed by atoms with van der Waals surface area (Å²) in [5.74, 6) is 3.81. The lowest BCUT2D eigenvalue weighted by Crippen LogP contribution is -2.25. The monoisotopic (exact) mass is 290 g/mol. The fourth-order valence-corrected chi connectivity index (χ4v) is 2.50. The van der Waals surface area contributed by atoms with Gasteiger partial charge in [-0.2, -0.15) is 0 Å². The van der Waals surface area contributed by atoms with Crippen LogP contribution in [0.4, 0.5) is 0 Å². The fraction of sp³-hybridized carbons (Fsp3) is 0.333. The van der Waals surface area contributed by atoms with Crippen LogP contribution >= 0.6 is 15.9 Å². The van der Waals surface area contributed by atoms with Gasteiger partial charge in [-0.15, -0.1) is 12.3 Å². The highest BCUT2D eigenvalue weighted by Gasteiger charge is 2.39. The van der Waals surface area contributed by atoms with Gasteiger partial charge in [0.2, 0.25) is 0 Å². The first kappa shape index (κ1) is 12.3. The van der Waals surface area contributed by atoms with Crippen molar-refractivity contribution in [1.29, 1.82) is 0 Å². The van der Waals surface area contributed by atoms with Gasteiger partial charge in [0.1, 0.15) is 5.76 Å². The van der Waals surface area contributed by atoms with Gasteiger partial charge in [0.15, 0.2) is 0 Å². The summed E-state index contributed by atoms with van der Waals surface area (Å²) in [6.07, 6.45) is 7.10. The van der Waals surface area contributed by atoms with E-state index < -0.39 is 0 Å². The van der Waals surface area contributed by atoms with Crippen molar-refractivity contribution in [2.24, 2.45) is 0 Å². The molecule has 1 aromatic rings. The zero-order valence-corrected chi connectivity index (χ0v) is 11.5. The first-order valence-electron chi connectivity index (χ1n) is 5.65. The Hall–Kier alpha value is -1.20. The van der Waals surface area contributed by atoms with Crippen LogP contribution in [-0.4, -0.2) is 6.61 Å². The molecule has 0 saturated carbocycles. The molecule has 0 aliphatic carbocycles. The highest BCUT2D eigenvalue weighted by Crippen LogP contribution is 2.42. The molecule has 0 radical (unpaired) electrons. The average molecular weight is 291 g/mol. The van der Waals surface area contributed by atoms with Gasteiger partial charge < -0.3 is 4.74 Å². The summed E-state index contributed by atoms with van der Waals surface area (Å²) in [7, 11) is 0. The van der Waals surface area contributed by atoms with E-state index in [1.165, 1.54) is 5.56 Å². The molecule has 17 heavy (non-hydrogen) atoms. The van der Waals surface area contributed by atoms with Crippen molar-refractivity contribution in [3.63, 3.8) is 0 Å². The number of hydrogen-bond acceptors (Lipinski definition) is 1. The Morgan fingerprint density at radius 2 is 2.18 bits per heavy atom. The quantitative estimate of drug-likeness (QED) is 0.748. The topological polar surface area (TPSA) is 9.23 Å². The van der Waals surface area contributed by atoms with Crippen molar-refractivity contribution >= 4 is 15.9 Å². The predicted molar refractivity (Wildman–Crippen MR) is 73.8 cm³/mol. The number of ether oxygens (including phenoxy) is 1. The van der Waals surface area contributed by atoms with Crippen LogP contribution in [0, 0.1) is 12.3 Å². The van der Waals surface area contributed by atoms with E-state index >= 15 is 0 Å². The second kappa shape index (κ2) is 4.98. The molecule has 1 unspecified atom stereocenters. The van der Waals surface area contributed by atoms with E-state index in [1.54, 1.807) is 0 Å². The number of allylic oxidation sites excluding steroid dienone is 2. The minimum absolute atomic E-state index is 0.0552. The van der Waals surface area contributed by atoms with Crippen molar-refractivity contribution < 1.29 is 4.74 Å². The Bertz CT molecular complexity index is 465. The SMILES string of the molecule is C#CCC1(c2ccccc2)CO/C(=C(\C)Br)C1. The number of halogens is 1. The molecule has 1 aliphatic heterocycles. The van der Waals surface area contributed by atoms with Gasteiger partial charge in [-0.1, -0.05) is 46.3 Å². The maximum atomic E-state index is 5.77. The third kappa shape index (κ3) is 2.40. The fourth-order valence-electron chi connectivity index (χ4n) is 2.24. The summed E-state index contributed by atoms with van der Waals surface area (Å²) in [5, 5.41) is 0. The molecule has 2 rings (SSSR count). The van der Waals surface area contributed by atoms with E-state index in [2.05, 4.69) is 46.1 Å². The molecule has 0 aromatic heterocycles. The predicted octanol–water partition coefficient (Wildman–Crippen LogP) is 3.99. The lowest BCUT2D eigenvalue weighted by molar-refractivity contribution is 0.225. The highest BCUT2D eigenvalue weighted by atomic mass is 79.9. The van der Waals surface area contributed by atoms with Crippen molar-refractivity contribution in [3.05, 3.63) is 46.1 Å². The molecule has 1 nitrogen and oxygen atoms in total. The maximum absolute atomic E-state index is 5.77. The van der Waals surface area contributed by atoms with Crippen LogP contribution in [0.2, 0.25) is 0 Å². The van der Waals surface area contributed by atoms with E-state index in [0.717, 1.165) is 16.7 Å². The zero-order valence-electron chi connectivity index (χ0n) is 9.87. The third-order valence-corrected chi connectivity index (χ3v) is 3.67. The number of rotatable bonds is 2. The standard InChI is InChI=1S/C15H15BrO/c1-3-9-15(13-7-5-4-6-8-13)10-14(12(2)16)17-11-15/h1,4-8H,9-11H2,2H3/b14-12+. The number of hydrogen-bond donors (Lipinski definition) is 0. The molecule has 0 N–H and O–H groups in total. The maximum Gasteiger partial charge on any atom is 0.107 e. The van der Waals surface area contributed by atoms with Crippen LogP contribution in [0.5, 0.6) is 0 Å². The Morgan fingerprint density at radius 3 is 2.71 bits per heavy atom. The molecule has 1 heterocycles. The van der Waals surface area contributed by atoms with Crippen molar-refractivity contribution in [2.75, 3.05) is 6.61 Å². The molecule has 1 aromatic carbocycles. The molecule has 88 valence electrons. The molecule has 0 bridgehead atoms. The number of terminal acetylenes is 1. The van der Waals surface area contributed by atoms with E-state index in [0.29, 0.717) is 13.0 Å². The van der Waals surface area contributed by atoms with Crippen molar-refractivity contribution in [1.82, 2.24) is 0 Å². The summed E-state index contributed by atoms with van der Waals surface area (Å²) in [4.78, 5) is 0. The summed E-state index contributed by atoms with van der Waals surface area (Å²) >= 11 is 3.48. The molecule has 1 fully saturated rings. The van der Waals surface area contributed by atoms with Gasteiger partial charge in [0, 0.05) is 22.7 Å². The molecule has 1 atom stereocenters. The second-order valence-electron chi connectivity index (χ2n) is 4.45. The minimum atomic E-state index is -0.0552. The van der Waals surface area contributed by atoms with E-state index in [1.807, 2.05) is 13.0 Å². The first-order chi connectivity index (χ1) is 8.18. The lowest BCUT2D eigenvalue weighted by atomic mass is 9.77. The van der Waals surface area contributed by atoms with Gasteiger partial charge in [0.05, 0.1) is 6.61 Å². The van der Waals surface area contributed by atoms with Crippen LogP contribution in [0.25, 0.3) is 0 Å². The van der Waals surface area contributed by atoms with Crippen LogP contribution in [0.15, 0.2) is 40.6 Å². The molecular weight excluding hydrogens is 276 g/mol. The third-order valence-electron chi connectivity index (χ3n) is 3.23. The van der Waals surface area contributed by atoms with E-state index in [4.69, 9.17) is 11.2 Å². The smallest absolute Gasteiger partial charge is 0.107 e. The van der Waals surface area contributed by atoms with Crippen molar-refractivity contribution in [2.45, 2.75) is 25.2 Å². The zero-order chi connectivity index (χ0) is 12.3. The number of benzene rings is 1. The Kier molecular flexibility index (Phi) is 3.59. The Morgan fingerprint density at radius 1 is 1.47 bits per heavy atom. The van der Waals surface area contributed by atoms with E-state index in [-0.39, 0.29) is 5.41 Å². The molecule has 0 spiro atoms. The Balaban J connectivity index is 2.37. The normalized spacial score (nSPS) is 26.2. The molecule has 1 aliphatic rings. The lowest BCUT2D eigenvalue weighted by Gasteiger charge is -2.24. The van der Waals surface area contributed by atoms with Gasteiger partial charge in [-0.25, -0.2) is 0 Å². The van der Waals surface area contributed by atoms with Crippen molar-refractivity contribution in [3.8, 4) is 12.3 Å². The molecule has 1 saturated heterocycles. The summed E-state index contributed by atoms with van der Waals surface area (Å²) in [6.45, 7) is 2.67. The summed E-state index contributed by atoms with van der Waals surface area (Å²) in [6, 6.07) is 10.4. The summed E-state index contributed by atoms with van der Waals surface area (Å²) < 4.78 is 6.84. The Labute approximate surface area is 111 Å².